The van der Waals surface area contributed by atoms with Crippen LogP contribution in [0, 0.1) is 5.92 Å². The summed E-state index contributed by atoms with van der Waals surface area (Å²) in [4.78, 5) is 40.3. The van der Waals surface area contributed by atoms with Crippen molar-refractivity contribution in [2.24, 2.45) is 5.92 Å². The van der Waals surface area contributed by atoms with Gasteiger partial charge in [-0.05, 0) is 55.4 Å². The van der Waals surface area contributed by atoms with Crippen LogP contribution in [0.3, 0.4) is 0 Å². The van der Waals surface area contributed by atoms with Crippen LogP contribution >= 0.6 is 0 Å². The molecule has 1 spiro atoms. The molecule has 0 aliphatic carbocycles. The summed E-state index contributed by atoms with van der Waals surface area (Å²) in [5.74, 6) is -0.427. The van der Waals surface area contributed by atoms with E-state index >= 15 is 0 Å². The van der Waals surface area contributed by atoms with Crippen molar-refractivity contribution in [3.8, 4) is 5.69 Å². The second-order valence-electron chi connectivity index (χ2n) is 11.2. The molecule has 39 heavy (non-hydrogen) atoms. The number of amides is 1. The standard InChI is InChI=1S/C30H33N3O5Si/c1-19-27(39(2,3)37)26(15-16-34)38-30(19)23-12-5-7-14-25(23)32(29(30)36)18-20-9-8-10-21(17-20)33-28(35)22-11-4-6-13-24(22)31-33/h4-14,17,19,26-27,31,34,37H,15-16,18H2,1-3H3/t19-,26+,27-,30+/m0/s1. The molecule has 2 aliphatic rings. The summed E-state index contributed by atoms with van der Waals surface area (Å²) in [5, 5.41) is 13.5. The Morgan fingerprint density at radius 3 is 2.51 bits per heavy atom. The Balaban J connectivity index is 1.39. The van der Waals surface area contributed by atoms with Crippen molar-refractivity contribution in [3.63, 3.8) is 0 Å². The van der Waals surface area contributed by atoms with Gasteiger partial charge >= 0.3 is 0 Å². The van der Waals surface area contributed by atoms with Crippen molar-refractivity contribution in [3.05, 3.63) is 94.3 Å². The molecule has 0 bridgehead atoms. The molecule has 1 amide bonds. The van der Waals surface area contributed by atoms with Gasteiger partial charge in [-0.3, -0.25) is 14.7 Å². The highest BCUT2D eigenvalue weighted by Crippen LogP contribution is 2.59. The highest BCUT2D eigenvalue weighted by molar-refractivity contribution is 6.71. The largest absolute Gasteiger partial charge is 0.432 e. The van der Waals surface area contributed by atoms with E-state index in [4.69, 9.17) is 4.74 Å². The molecule has 8 nitrogen and oxygen atoms in total. The SMILES string of the molecule is C[C@H]1[C@H]([Si](C)(C)O)[C@@H](CCO)O[C@]12C(=O)N(Cc1cccc(-n3[nH]c4ccccc4c3=O)c1)c1ccccc12. The van der Waals surface area contributed by atoms with Crippen molar-refractivity contribution in [2.75, 3.05) is 11.5 Å². The monoisotopic (exact) mass is 543 g/mol. The van der Waals surface area contributed by atoms with Crippen LogP contribution in [-0.2, 0) is 21.7 Å². The summed E-state index contributed by atoms with van der Waals surface area (Å²) in [6.45, 7) is 5.97. The number of aromatic nitrogens is 2. The minimum Gasteiger partial charge on any atom is -0.432 e. The van der Waals surface area contributed by atoms with Gasteiger partial charge in [-0.2, -0.15) is 0 Å². The summed E-state index contributed by atoms with van der Waals surface area (Å²) < 4.78 is 8.15. The number of hydrogen-bond donors (Lipinski definition) is 3. The Hall–Kier alpha value is -3.50. The van der Waals surface area contributed by atoms with E-state index in [1.165, 1.54) is 4.68 Å². The molecule has 1 saturated heterocycles. The number of fused-ring (bicyclic) bond motifs is 3. The van der Waals surface area contributed by atoms with E-state index in [1.807, 2.05) is 86.7 Å². The summed E-state index contributed by atoms with van der Waals surface area (Å²) in [6.07, 6.45) is -0.0457. The molecule has 1 fully saturated rings. The van der Waals surface area contributed by atoms with E-state index in [1.54, 1.807) is 11.0 Å². The smallest absolute Gasteiger partial charge is 0.279 e. The summed E-state index contributed by atoms with van der Waals surface area (Å²) >= 11 is 0. The molecule has 2 aliphatic heterocycles. The van der Waals surface area contributed by atoms with Crippen molar-refractivity contribution in [2.45, 2.75) is 50.2 Å². The number of nitrogens with zero attached hydrogens (tertiary/aromatic N) is 2. The number of nitrogens with one attached hydrogen (secondary N) is 1. The molecular formula is C30H33N3O5Si. The van der Waals surface area contributed by atoms with Crippen molar-refractivity contribution in [1.29, 1.82) is 0 Å². The molecule has 9 heteroatoms. The highest BCUT2D eigenvalue weighted by Gasteiger charge is 2.65. The minimum absolute atomic E-state index is 0.0755. The number of anilines is 1. The average molecular weight is 544 g/mol. The Morgan fingerprint density at radius 2 is 1.77 bits per heavy atom. The summed E-state index contributed by atoms with van der Waals surface area (Å²) in [5.41, 5.74) is 2.33. The molecule has 3 heterocycles. The maximum Gasteiger partial charge on any atom is 0.279 e. The van der Waals surface area contributed by atoms with Gasteiger partial charge in [0.2, 0.25) is 0 Å². The number of aromatic amines is 1. The number of rotatable bonds is 6. The van der Waals surface area contributed by atoms with Crippen LogP contribution in [0.1, 0.15) is 24.5 Å². The Morgan fingerprint density at radius 1 is 1.03 bits per heavy atom. The van der Waals surface area contributed by atoms with Crippen molar-refractivity contribution >= 4 is 30.8 Å². The number of benzene rings is 3. The number of carbonyl (C=O) groups is 1. The lowest BCUT2D eigenvalue weighted by molar-refractivity contribution is -0.146. The molecule has 202 valence electrons. The van der Waals surface area contributed by atoms with Gasteiger partial charge in [0, 0.05) is 23.6 Å². The number of aliphatic hydroxyl groups is 1. The normalized spacial score (nSPS) is 24.7. The van der Waals surface area contributed by atoms with E-state index in [0.29, 0.717) is 24.0 Å². The molecule has 6 rings (SSSR count). The Bertz CT molecular complexity index is 1620. The molecular weight excluding hydrogens is 510 g/mol. The van der Waals surface area contributed by atoms with Gasteiger partial charge in [0.15, 0.2) is 13.9 Å². The molecule has 0 saturated carbocycles. The first-order chi connectivity index (χ1) is 18.7. The van der Waals surface area contributed by atoms with Crippen LogP contribution in [0.15, 0.2) is 77.6 Å². The Kier molecular flexibility index (Phi) is 6.15. The fourth-order valence-electron chi connectivity index (χ4n) is 6.80. The number of ether oxygens (including phenoxy) is 1. The molecule has 0 radical (unpaired) electrons. The first-order valence-electron chi connectivity index (χ1n) is 13.4. The van der Waals surface area contributed by atoms with Gasteiger partial charge in [-0.25, -0.2) is 4.68 Å². The zero-order valence-electron chi connectivity index (χ0n) is 22.3. The third-order valence-electron chi connectivity index (χ3n) is 8.41. The van der Waals surface area contributed by atoms with E-state index in [9.17, 15) is 19.5 Å². The second kappa shape index (κ2) is 9.30. The zero-order valence-corrected chi connectivity index (χ0v) is 23.3. The molecule has 0 unspecified atom stereocenters. The first kappa shape index (κ1) is 25.8. The number of carbonyl (C=O) groups excluding carboxylic acids is 1. The topological polar surface area (TPSA) is 108 Å². The predicted molar refractivity (Wildman–Crippen MR) is 152 cm³/mol. The van der Waals surface area contributed by atoms with Gasteiger partial charge < -0.3 is 19.5 Å². The molecule has 4 aromatic rings. The molecule has 4 atom stereocenters. The van der Waals surface area contributed by atoms with Crippen molar-refractivity contribution in [1.82, 2.24) is 9.78 Å². The van der Waals surface area contributed by atoms with Crippen LogP contribution in [0.2, 0.25) is 18.6 Å². The van der Waals surface area contributed by atoms with E-state index < -0.39 is 20.0 Å². The van der Waals surface area contributed by atoms with Crippen LogP contribution in [0.25, 0.3) is 16.6 Å². The fourth-order valence-corrected chi connectivity index (χ4v) is 9.41. The number of para-hydroxylation sites is 2. The number of aliphatic hydroxyl groups excluding tert-OH is 1. The average Bonchev–Trinajstić information content (AvgIpc) is 3.49. The first-order valence-corrected chi connectivity index (χ1v) is 16.4. The maximum atomic E-state index is 14.4. The van der Waals surface area contributed by atoms with Crippen molar-refractivity contribution < 1.29 is 19.4 Å². The van der Waals surface area contributed by atoms with E-state index in [0.717, 1.165) is 22.3 Å². The van der Waals surface area contributed by atoms with E-state index in [2.05, 4.69) is 5.10 Å². The van der Waals surface area contributed by atoms with Gasteiger partial charge in [0.05, 0.1) is 34.9 Å². The van der Waals surface area contributed by atoms with Gasteiger partial charge in [-0.1, -0.05) is 49.4 Å². The van der Waals surface area contributed by atoms with Crippen LogP contribution in [0.5, 0.6) is 0 Å². The summed E-state index contributed by atoms with van der Waals surface area (Å²) in [7, 11) is -2.74. The quantitative estimate of drug-likeness (QED) is 0.318. The van der Waals surface area contributed by atoms with Gasteiger partial charge in [-0.15, -0.1) is 0 Å². The van der Waals surface area contributed by atoms with Gasteiger partial charge in [0.25, 0.3) is 11.5 Å². The predicted octanol–water partition coefficient (Wildman–Crippen LogP) is 4.05. The van der Waals surface area contributed by atoms with Crippen LogP contribution in [-0.4, -0.2) is 46.6 Å². The summed E-state index contributed by atoms with van der Waals surface area (Å²) in [6, 6.07) is 22.7. The third-order valence-corrected chi connectivity index (χ3v) is 10.9. The highest BCUT2D eigenvalue weighted by atomic mass is 28.4. The molecule has 1 aromatic heterocycles. The molecule has 3 N–H and O–H groups in total. The fraction of sp³-hybridized carbons (Fsp3) is 0.333. The Labute approximate surface area is 227 Å². The zero-order chi connectivity index (χ0) is 27.5. The maximum absolute atomic E-state index is 14.4. The van der Waals surface area contributed by atoms with Gasteiger partial charge in [0.1, 0.15) is 0 Å². The lowest BCUT2D eigenvalue weighted by Crippen LogP contribution is -2.46. The lowest BCUT2D eigenvalue weighted by atomic mass is 9.82. The minimum atomic E-state index is -2.74. The van der Waals surface area contributed by atoms with E-state index in [-0.39, 0.29) is 29.5 Å². The number of H-pyrrole nitrogens is 1. The lowest BCUT2D eigenvalue weighted by Gasteiger charge is -2.32. The van der Waals surface area contributed by atoms with Crippen LogP contribution in [0.4, 0.5) is 5.69 Å². The van der Waals surface area contributed by atoms with Crippen LogP contribution < -0.4 is 10.5 Å². The molecule has 3 aromatic carbocycles. The third kappa shape index (κ3) is 3.91. The number of hydrogen-bond acceptors (Lipinski definition) is 5. The second-order valence-corrected chi connectivity index (χ2v) is 15.2.